The third-order valence-corrected chi connectivity index (χ3v) is 5.65. The Morgan fingerprint density at radius 2 is 1.72 bits per heavy atom. The van der Waals surface area contributed by atoms with E-state index in [0.29, 0.717) is 5.25 Å². The molecule has 1 aliphatic rings. The van der Waals surface area contributed by atoms with Crippen LogP contribution in [0.15, 0.2) is 47.4 Å². The molecule has 0 unspecified atom stereocenters. The predicted molar refractivity (Wildman–Crippen MR) is 111 cm³/mol. The smallest absolute Gasteiger partial charge is 0.0454 e. The summed E-state index contributed by atoms with van der Waals surface area (Å²) in [6.45, 7) is 6.72. The Morgan fingerprint density at radius 1 is 1.00 bits per heavy atom. The Morgan fingerprint density at radius 3 is 2.44 bits per heavy atom. The van der Waals surface area contributed by atoms with E-state index in [1.165, 1.54) is 33.8 Å². The number of hydrogen-bond acceptors (Lipinski definition) is 3. The van der Waals surface area contributed by atoms with Gasteiger partial charge >= 0.3 is 0 Å². The zero-order valence-electron chi connectivity index (χ0n) is 16.0. The van der Waals surface area contributed by atoms with Crippen LogP contribution in [0.2, 0.25) is 0 Å². The van der Waals surface area contributed by atoms with Crippen LogP contribution >= 0.6 is 11.8 Å². The molecular weight excluding hydrogens is 324 g/mol. The lowest BCUT2D eigenvalue weighted by Gasteiger charge is -2.28. The van der Waals surface area contributed by atoms with Gasteiger partial charge in [0, 0.05) is 28.1 Å². The van der Waals surface area contributed by atoms with E-state index in [1.807, 2.05) is 11.8 Å². The molecule has 0 N–H and O–H groups in total. The zero-order chi connectivity index (χ0) is 17.8. The maximum Gasteiger partial charge on any atom is 0.0454 e. The van der Waals surface area contributed by atoms with Crippen molar-refractivity contribution in [3.63, 3.8) is 0 Å². The average Bonchev–Trinajstić information content (AvgIpc) is 2.72. The summed E-state index contributed by atoms with van der Waals surface area (Å²) in [5, 5.41) is 0.610. The van der Waals surface area contributed by atoms with E-state index in [9.17, 15) is 0 Å². The topological polar surface area (TPSA) is 6.48 Å². The van der Waals surface area contributed by atoms with Crippen molar-refractivity contribution in [2.75, 3.05) is 32.1 Å². The highest BCUT2D eigenvalue weighted by Crippen LogP contribution is 2.38. The molecule has 2 aromatic rings. The summed E-state index contributed by atoms with van der Waals surface area (Å²) in [7, 11) is 4.31. The molecule has 0 saturated heterocycles. The van der Waals surface area contributed by atoms with Crippen LogP contribution in [0.1, 0.15) is 31.4 Å². The third-order valence-electron chi connectivity index (χ3n) is 4.65. The Hall–Kier alpha value is -1.45. The molecule has 1 heterocycles. The van der Waals surface area contributed by atoms with Gasteiger partial charge in [0.1, 0.15) is 0 Å². The van der Waals surface area contributed by atoms with Crippen LogP contribution in [0.3, 0.4) is 0 Å². The fraction of sp³-hybridized carbons (Fsp3) is 0.455. The van der Waals surface area contributed by atoms with Gasteiger partial charge in [0.15, 0.2) is 0 Å². The Bertz CT molecular complexity index is 709. The molecule has 0 amide bonds. The number of nitrogens with zero attached hydrogens (tertiary/aromatic N) is 2. The number of thioether (sulfide) groups is 1. The van der Waals surface area contributed by atoms with E-state index in [0.717, 1.165) is 25.9 Å². The molecule has 0 spiro atoms. The maximum absolute atomic E-state index is 2.56. The minimum Gasteiger partial charge on any atom is -0.341 e. The molecule has 2 aromatic carbocycles. The van der Waals surface area contributed by atoms with Crippen molar-refractivity contribution in [3.05, 3.63) is 53.6 Å². The lowest BCUT2D eigenvalue weighted by molar-refractivity contribution is 0.402. The zero-order valence-corrected chi connectivity index (χ0v) is 16.8. The number of fused-ring (bicyclic) bond motifs is 2. The molecule has 3 heteroatoms. The van der Waals surface area contributed by atoms with Gasteiger partial charge in [0.25, 0.3) is 0 Å². The van der Waals surface area contributed by atoms with Gasteiger partial charge in [0.2, 0.25) is 0 Å². The summed E-state index contributed by atoms with van der Waals surface area (Å²) >= 11 is 1.96. The normalized spacial score (nSPS) is 13.8. The van der Waals surface area contributed by atoms with Crippen LogP contribution in [0.4, 0.5) is 11.4 Å². The van der Waals surface area contributed by atoms with E-state index in [2.05, 4.69) is 80.2 Å². The summed E-state index contributed by atoms with van der Waals surface area (Å²) in [6, 6.07) is 16.0. The van der Waals surface area contributed by atoms with Crippen molar-refractivity contribution in [1.29, 1.82) is 0 Å². The van der Waals surface area contributed by atoms with Gasteiger partial charge in [-0.05, 0) is 69.2 Å². The second-order valence-corrected chi connectivity index (χ2v) is 9.04. The molecule has 134 valence electrons. The fourth-order valence-corrected chi connectivity index (χ4v) is 4.39. The summed E-state index contributed by atoms with van der Waals surface area (Å²) in [4.78, 5) is 6.21. The monoisotopic (exact) mass is 354 g/mol. The van der Waals surface area contributed by atoms with Crippen molar-refractivity contribution >= 4 is 23.1 Å². The van der Waals surface area contributed by atoms with E-state index in [4.69, 9.17) is 0 Å². The third kappa shape index (κ3) is 4.59. The van der Waals surface area contributed by atoms with Gasteiger partial charge in [0.05, 0.1) is 0 Å². The van der Waals surface area contributed by atoms with Gasteiger partial charge in [-0.3, -0.25) is 0 Å². The first-order chi connectivity index (χ1) is 12.0. The SMILES string of the molecule is CC(C)Sc1ccc2c(c1)N(CCCN(C)C)c1ccccc1CC2. The summed E-state index contributed by atoms with van der Waals surface area (Å²) in [5.74, 6) is 0. The first kappa shape index (κ1) is 18.3. The van der Waals surface area contributed by atoms with E-state index >= 15 is 0 Å². The van der Waals surface area contributed by atoms with E-state index in [-0.39, 0.29) is 0 Å². The van der Waals surface area contributed by atoms with Gasteiger partial charge < -0.3 is 9.80 Å². The Kier molecular flexibility index (Phi) is 6.08. The lowest BCUT2D eigenvalue weighted by Crippen LogP contribution is -2.24. The molecule has 0 aromatic heterocycles. The molecule has 1 aliphatic heterocycles. The van der Waals surface area contributed by atoms with Crippen LogP contribution in [0, 0.1) is 0 Å². The predicted octanol–water partition coefficient (Wildman–Crippen LogP) is 5.38. The molecular formula is C22H30N2S. The Labute approximate surface area is 157 Å². The van der Waals surface area contributed by atoms with Crippen LogP contribution in [-0.4, -0.2) is 37.3 Å². The van der Waals surface area contributed by atoms with Crippen molar-refractivity contribution in [3.8, 4) is 0 Å². The van der Waals surface area contributed by atoms with Gasteiger partial charge in [-0.15, -0.1) is 11.8 Å². The van der Waals surface area contributed by atoms with Crippen molar-refractivity contribution in [2.24, 2.45) is 0 Å². The molecule has 0 radical (unpaired) electrons. The number of anilines is 2. The average molecular weight is 355 g/mol. The highest BCUT2D eigenvalue weighted by atomic mass is 32.2. The summed E-state index contributed by atoms with van der Waals surface area (Å²) in [5.41, 5.74) is 5.76. The molecule has 0 aliphatic carbocycles. The highest BCUT2D eigenvalue weighted by molar-refractivity contribution is 7.99. The van der Waals surface area contributed by atoms with Crippen LogP contribution in [0.25, 0.3) is 0 Å². The largest absolute Gasteiger partial charge is 0.341 e. The highest BCUT2D eigenvalue weighted by Gasteiger charge is 2.20. The molecule has 2 nitrogen and oxygen atoms in total. The molecule has 0 fully saturated rings. The standard InChI is InChI=1S/C22H30N2S/c1-17(2)25-20-13-12-19-11-10-18-8-5-6-9-21(18)24(22(19)16-20)15-7-14-23(3)4/h5-6,8-9,12-13,16-17H,7,10-11,14-15H2,1-4H3. The summed E-state index contributed by atoms with van der Waals surface area (Å²) in [6.07, 6.45) is 3.43. The number of aryl methyl sites for hydroxylation is 2. The lowest BCUT2D eigenvalue weighted by atomic mass is 10.0. The number of rotatable bonds is 6. The van der Waals surface area contributed by atoms with E-state index < -0.39 is 0 Å². The Balaban J connectivity index is 1.97. The van der Waals surface area contributed by atoms with Crippen LogP contribution < -0.4 is 4.90 Å². The first-order valence-electron chi connectivity index (χ1n) is 9.34. The molecule has 25 heavy (non-hydrogen) atoms. The van der Waals surface area contributed by atoms with Crippen LogP contribution in [-0.2, 0) is 12.8 Å². The maximum atomic E-state index is 2.56. The van der Waals surface area contributed by atoms with Gasteiger partial charge in [-0.1, -0.05) is 38.1 Å². The molecule has 0 saturated carbocycles. The number of hydrogen-bond donors (Lipinski definition) is 0. The second kappa shape index (κ2) is 8.29. The van der Waals surface area contributed by atoms with Gasteiger partial charge in [-0.25, -0.2) is 0 Å². The number of benzene rings is 2. The minimum absolute atomic E-state index is 0.610. The van der Waals surface area contributed by atoms with Crippen molar-refractivity contribution in [2.45, 2.75) is 43.3 Å². The molecule has 3 rings (SSSR count). The fourth-order valence-electron chi connectivity index (χ4n) is 3.52. The van der Waals surface area contributed by atoms with Crippen molar-refractivity contribution in [1.82, 2.24) is 4.90 Å². The summed E-state index contributed by atoms with van der Waals surface area (Å²) < 4.78 is 0. The quantitative estimate of drug-likeness (QED) is 0.643. The van der Waals surface area contributed by atoms with E-state index in [1.54, 1.807) is 0 Å². The van der Waals surface area contributed by atoms with Crippen LogP contribution in [0.5, 0.6) is 0 Å². The van der Waals surface area contributed by atoms with Gasteiger partial charge in [-0.2, -0.15) is 0 Å². The second-order valence-electron chi connectivity index (χ2n) is 7.39. The first-order valence-corrected chi connectivity index (χ1v) is 10.2. The van der Waals surface area contributed by atoms with Crippen molar-refractivity contribution < 1.29 is 0 Å². The minimum atomic E-state index is 0.610. The number of para-hydroxylation sites is 1. The molecule has 0 atom stereocenters. The molecule has 0 bridgehead atoms.